The molecule has 0 bridgehead atoms. The fourth-order valence-electron chi connectivity index (χ4n) is 1.92. The van der Waals surface area contributed by atoms with Crippen molar-refractivity contribution in [1.82, 2.24) is 5.32 Å². The van der Waals surface area contributed by atoms with Gasteiger partial charge in [0.1, 0.15) is 6.54 Å². The van der Waals surface area contributed by atoms with Crippen LogP contribution in [0.15, 0.2) is 6.07 Å². The first kappa shape index (κ1) is 13.2. The van der Waals surface area contributed by atoms with Gasteiger partial charge in [-0.3, -0.25) is 4.79 Å². The zero-order valence-corrected chi connectivity index (χ0v) is 10.8. The lowest BCUT2D eigenvalue weighted by molar-refractivity contribution is -0.120. The molecule has 0 unspecified atom stereocenters. The second-order valence-corrected chi connectivity index (χ2v) is 4.35. The minimum absolute atomic E-state index is 0.0712. The van der Waals surface area contributed by atoms with Crippen LogP contribution in [0.1, 0.15) is 27.8 Å². The van der Waals surface area contributed by atoms with E-state index in [0.29, 0.717) is 6.42 Å². The quantitative estimate of drug-likeness (QED) is 0.808. The zero-order chi connectivity index (χ0) is 13.0. The molecular weight excluding hydrogens is 212 g/mol. The topological polar surface area (TPSA) is 52.9 Å². The minimum Gasteiger partial charge on any atom is -0.343 e. The van der Waals surface area contributed by atoms with Crippen molar-refractivity contribution >= 4 is 5.91 Å². The summed E-state index contributed by atoms with van der Waals surface area (Å²) in [6, 6.07) is 4.04. The number of aryl methyl sites for hydroxylation is 2. The smallest absolute Gasteiger partial charge is 0.225 e. The second-order valence-electron chi connectivity index (χ2n) is 4.35. The Balaban J connectivity index is 2.99. The number of nitriles is 1. The van der Waals surface area contributed by atoms with Crippen LogP contribution in [0.4, 0.5) is 0 Å². The molecule has 17 heavy (non-hydrogen) atoms. The van der Waals surface area contributed by atoms with Crippen molar-refractivity contribution in [1.29, 1.82) is 5.26 Å². The Bertz CT molecular complexity index is 458. The van der Waals surface area contributed by atoms with Crippen molar-refractivity contribution in [3.63, 3.8) is 0 Å². The van der Waals surface area contributed by atoms with Crippen molar-refractivity contribution in [2.75, 3.05) is 6.54 Å². The van der Waals surface area contributed by atoms with Crippen LogP contribution in [0.25, 0.3) is 0 Å². The van der Waals surface area contributed by atoms with Gasteiger partial charge in [-0.15, -0.1) is 0 Å². The molecule has 1 amide bonds. The first-order valence-electron chi connectivity index (χ1n) is 5.67. The highest BCUT2D eigenvalue weighted by atomic mass is 16.1. The van der Waals surface area contributed by atoms with Crippen LogP contribution in [0, 0.1) is 39.0 Å². The Hall–Kier alpha value is -1.82. The van der Waals surface area contributed by atoms with Crippen LogP contribution < -0.4 is 5.32 Å². The summed E-state index contributed by atoms with van der Waals surface area (Å²) in [4.78, 5) is 11.6. The number of amides is 1. The van der Waals surface area contributed by atoms with Gasteiger partial charge in [0, 0.05) is 0 Å². The van der Waals surface area contributed by atoms with Gasteiger partial charge in [-0.25, -0.2) is 0 Å². The van der Waals surface area contributed by atoms with Crippen LogP contribution in [-0.2, 0) is 11.2 Å². The average molecular weight is 230 g/mol. The molecule has 0 aromatic heterocycles. The Morgan fingerprint density at radius 1 is 1.24 bits per heavy atom. The Labute approximate surface area is 102 Å². The molecule has 0 aliphatic carbocycles. The molecule has 0 saturated carbocycles. The Kier molecular flexibility index (Phi) is 4.28. The van der Waals surface area contributed by atoms with E-state index < -0.39 is 0 Å². The van der Waals surface area contributed by atoms with Crippen molar-refractivity contribution in [3.05, 3.63) is 33.9 Å². The summed E-state index contributed by atoms with van der Waals surface area (Å²) >= 11 is 0. The molecule has 1 N–H and O–H groups in total. The minimum atomic E-state index is -0.0947. The molecule has 1 aromatic rings. The van der Waals surface area contributed by atoms with E-state index in [1.807, 2.05) is 19.9 Å². The largest absolute Gasteiger partial charge is 0.343 e. The fourth-order valence-corrected chi connectivity index (χ4v) is 1.92. The summed E-state index contributed by atoms with van der Waals surface area (Å²) in [5, 5.41) is 11.0. The standard InChI is InChI=1S/C14H18N2O/c1-9-7-10(2)12(4)13(11(9)3)8-14(17)16-6-5-15/h7H,6,8H2,1-4H3,(H,16,17). The van der Waals surface area contributed by atoms with Gasteiger partial charge in [-0.05, 0) is 55.5 Å². The number of hydrogen-bond acceptors (Lipinski definition) is 2. The summed E-state index contributed by atoms with van der Waals surface area (Å²) in [7, 11) is 0. The molecule has 0 aliphatic heterocycles. The van der Waals surface area contributed by atoms with E-state index in [9.17, 15) is 4.79 Å². The Morgan fingerprint density at radius 2 is 1.76 bits per heavy atom. The van der Waals surface area contributed by atoms with Crippen LogP contribution >= 0.6 is 0 Å². The van der Waals surface area contributed by atoms with Gasteiger partial charge in [-0.1, -0.05) is 6.07 Å². The number of benzene rings is 1. The molecule has 0 aliphatic rings. The van der Waals surface area contributed by atoms with Crippen LogP contribution in [-0.4, -0.2) is 12.5 Å². The zero-order valence-electron chi connectivity index (χ0n) is 10.8. The third kappa shape index (κ3) is 3.07. The lowest BCUT2D eigenvalue weighted by atomic mass is 9.92. The first-order valence-corrected chi connectivity index (χ1v) is 5.67. The summed E-state index contributed by atoms with van der Waals surface area (Å²) in [5.74, 6) is -0.0947. The summed E-state index contributed by atoms with van der Waals surface area (Å²) in [6.07, 6.45) is 0.349. The second kappa shape index (κ2) is 5.49. The van der Waals surface area contributed by atoms with E-state index in [2.05, 4.69) is 25.2 Å². The summed E-state index contributed by atoms with van der Waals surface area (Å²) < 4.78 is 0. The van der Waals surface area contributed by atoms with Gasteiger partial charge in [0.2, 0.25) is 5.91 Å². The van der Waals surface area contributed by atoms with Crippen molar-refractivity contribution in [3.8, 4) is 6.07 Å². The lowest BCUT2D eigenvalue weighted by Gasteiger charge is -2.14. The number of carbonyl (C=O) groups excluding carboxylic acids is 1. The highest BCUT2D eigenvalue weighted by Crippen LogP contribution is 2.21. The fraction of sp³-hybridized carbons (Fsp3) is 0.429. The summed E-state index contributed by atoms with van der Waals surface area (Å²) in [6.45, 7) is 8.25. The molecule has 0 radical (unpaired) electrons. The molecule has 0 saturated heterocycles. The third-order valence-corrected chi connectivity index (χ3v) is 3.22. The van der Waals surface area contributed by atoms with Crippen LogP contribution in [0.2, 0.25) is 0 Å². The maximum atomic E-state index is 11.6. The van der Waals surface area contributed by atoms with E-state index in [0.717, 1.165) is 5.56 Å². The number of carbonyl (C=O) groups is 1. The summed E-state index contributed by atoms with van der Waals surface area (Å²) in [5.41, 5.74) is 5.82. The van der Waals surface area contributed by atoms with E-state index in [1.54, 1.807) is 0 Å². The SMILES string of the molecule is Cc1cc(C)c(C)c(CC(=O)NCC#N)c1C. The molecule has 0 heterocycles. The van der Waals surface area contributed by atoms with Crippen molar-refractivity contribution in [2.45, 2.75) is 34.1 Å². The number of hydrogen-bond donors (Lipinski definition) is 1. The molecule has 3 nitrogen and oxygen atoms in total. The molecule has 3 heteroatoms. The molecule has 1 aromatic carbocycles. The first-order chi connectivity index (χ1) is 7.97. The predicted octanol–water partition coefficient (Wildman–Crippen LogP) is 2.10. The maximum Gasteiger partial charge on any atom is 0.225 e. The van der Waals surface area contributed by atoms with Gasteiger partial charge < -0.3 is 5.32 Å². The van der Waals surface area contributed by atoms with Gasteiger partial charge in [0.15, 0.2) is 0 Å². The highest BCUT2D eigenvalue weighted by molar-refractivity contribution is 5.79. The Morgan fingerprint density at radius 3 is 2.24 bits per heavy atom. The average Bonchev–Trinajstić information content (AvgIpc) is 2.29. The number of nitrogens with one attached hydrogen (secondary N) is 1. The molecule has 0 fully saturated rings. The van der Waals surface area contributed by atoms with Crippen LogP contribution in [0.3, 0.4) is 0 Å². The molecule has 0 spiro atoms. The molecule has 0 atom stereocenters. The third-order valence-electron chi connectivity index (χ3n) is 3.22. The van der Waals surface area contributed by atoms with Crippen LogP contribution in [0.5, 0.6) is 0 Å². The van der Waals surface area contributed by atoms with E-state index in [1.165, 1.54) is 22.3 Å². The van der Waals surface area contributed by atoms with Gasteiger partial charge in [0.25, 0.3) is 0 Å². The van der Waals surface area contributed by atoms with E-state index in [4.69, 9.17) is 5.26 Å². The van der Waals surface area contributed by atoms with E-state index >= 15 is 0 Å². The maximum absolute atomic E-state index is 11.6. The molecule has 90 valence electrons. The lowest BCUT2D eigenvalue weighted by Crippen LogP contribution is -2.26. The molecule has 1 rings (SSSR count). The van der Waals surface area contributed by atoms with Crippen molar-refractivity contribution < 1.29 is 4.79 Å². The normalized spacial score (nSPS) is 9.82. The monoisotopic (exact) mass is 230 g/mol. The number of nitrogens with zero attached hydrogens (tertiary/aromatic N) is 1. The van der Waals surface area contributed by atoms with Gasteiger partial charge in [-0.2, -0.15) is 5.26 Å². The van der Waals surface area contributed by atoms with E-state index in [-0.39, 0.29) is 12.5 Å². The molecular formula is C14H18N2O. The van der Waals surface area contributed by atoms with Crippen molar-refractivity contribution in [2.24, 2.45) is 0 Å². The predicted molar refractivity (Wildman–Crippen MR) is 67.7 cm³/mol. The van der Waals surface area contributed by atoms with Gasteiger partial charge >= 0.3 is 0 Å². The van der Waals surface area contributed by atoms with Gasteiger partial charge in [0.05, 0.1) is 12.5 Å². The highest BCUT2D eigenvalue weighted by Gasteiger charge is 2.11. The number of rotatable bonds is 3.